The van der Waals surface area contributed by atoms with Gasteiger partial charge >= 0.3 is 5.97 Å². The molecule has 0 atom stereocenters. The standard InChI is InChI=1S/C24H21FN4O3/c1-4-32-24(31)19-13-26-29(22(19)28-23(30)16-8-6-9-17(25)12-16)20-11-15(3)18-10-5-7-14(2)21(18)27-20/h5-13H,4H2,1-3H3,(H,28,30). The first-order valence-electron chi connectivity index (χ1n) is 10.1. The zero-order valence-electron chi connectivity index (χ0n) is 17.8. The molecule has 0 saturated heterocycles. The van der Waals surface area contributed by atoms with Crippen LogP contribution in [0.4, 0.5) is 10.2 Å². The zero-order valence-corrected chi connectivity index (χ0v) is 17.8. The molecular formula is C24H21FN4O3. The summed E-state index contributed by atoms with van der Waals surface area (Å²) in [5.41, 5.74) is 2.91. The van der Waals surface area contributed by atoms with E-state index >= 15 is 0 Å². The molecule has 8 heteroatoms. The lowest BCUT2D eigenvalue weighted by molar-refractivity contribution is 0.0527. The predicted molar refractivity (Wildman–Crippen MR) is 119 cm³/mol. The number of nitrogens with zero attached hydrogens (tertiary/aromatic N) is 3. The van der Waals surface area contributed by atoms with Gasteiger partial charge in [0, 0.05) is 10.9 Å². The van der Waals surface area contributed by atoms with Crippen LogP contribution in [0.3, 0.4) is 0 Å². The first kappa shape index (κ1) is 21.2. The number of hydrogen-bond donors (Lipinski definition) is 1. The van der Waals surface area contributed by atoms with E-state index in [1.165, 1.54) is 29.1 Å². The molecule has 0 aliphatic carbocycles. The first-order valence-corrected chi connectivity index (χ1v) is 10.1. The number of carbonyl (C=O) groups excluding carboxylic acids is 2. The molecule has 0 unspecified atom stereocenters. The fourth-order valence-electron chi connectivity index (χ4n) is 3.46. The molecule has 4 aromatic rings. The molecule has 0 spiro atoms. The van der Waals surface area contributed by atoms with Crippen molar-refractivity contribution in [2.45, 2.75) is 20.8 Å². The second-order valence-corrected chi connectivity index (χ2v) is 7.27. The molecule has 2 aromatic heterocycles. The Bertz CT molecular complexity index is 1350. The molecule has 1 amide bonds. The molecule has 32 heavy (non-hydrogen) atoms. The van der Waals surface area contributed by atoms with Gasteiger partial charge in [0.2, 0.25) is 0 Å². The van der Waals surface area contributed by atoms with Crippen LogP contribution in [0, 0.1) is 19.7 Å². The van der Waals surface area contributed by atoms with Gasteiger partial charge in [-0.1, -0.05) is 24.3 Å². The molecule has 0 aliphatic rings. The maximum absolute atomic E-state index is 13.6. The zero-order chi connectivity index (χ0) is 22.8. The van der Waals surface area contributed by atoms with E-state index in [0.717, 1.165) is 28.1 Å². The van der Waals surface area contributed by atoms with Crippen LogP contribution >= 0.6 is 0 Å². The van der Waals surface area contributed by atoms with Crippen molar-refractivity contribution in [1.29, 1.82) is 0 Å². The number of aryl methyl sites for hydroxylation is 2. The topological polar surface area (TPSA) is 86.1 Å². The van der Waals surface area contributed by atoms with Gasteiger partial charge < -0.3 is 10.1 Å². The molecule has 2 aromatic carbocycles. The number of para-hydroxylation sites is 1. The molecular weight excluding hydrogens is 411 g/mol. The second kappa shape index (κ2) is 8.58. The number of hydrogen-bond acceptors (Lipinski definition) is 5. The van der Waals surface area contributed by atoms with E-state index in [9.17, 15) is 14.0 Å². The van der Waals surface area contributed by atoms with Crippen LogP contribution in [0.1, 0.15) is 38.8 Å². The third-order valence-corrected chi connectivity index (χ3v) is 5.03. The Morgan fingerprint density at radius 3 is 2.62 bits per heavy atom. The Hall–Kier alpha value is -4.07. The normalized spacial score (nSPS) is 10.9. The van der Waals surface area contributed by atoms with E-state index in [-0.39, 0.29) is 23.6 Å². The van der Waals surface area contributed by atoms with Gasteiger partial charge in [0.1, 0.15) is 11.4 Å². The molecule has 0 fully saturated rings. The van der Waals surface area contributed by atoms with Crippen molar-refractivity contribution < 1.29 is 18.7 Å². The van der Waals surface area contributed by atoms with Crippen molar-refractivity contribution in [2.24, 2.45) is 0 Å². The van der Waals surface area contributed by atoms with Crippen molar-refractivity contribution in [2.75, 3.05) is 11.9 Å². The van der Waals surface area contributed by atoms with Crippen molar-refractivity contribution in [3.05, 3.63) is 82.8 Å². The third-order valence-electron chi connectivity index (χ3n) is 5.03. The summed E-state index contributed by atoms with van der Waals surface area (Å²) in [7, 11) is 0. The molecule has 0 bridgehead atoms. The summed E-state index contributed by atoms with van der Waals surface area (Å²) in [4.78, 5) is 30.0. The summed E-state index contributed by atoms with van der Waals surface area (Å²) >= 11 is 0. The highest BCUT2D eigenvalue weighted by Gasteiger charge is 2.23. The van der Waals surface area contributed by atoms with Crippen molar-refractivity contribution >= 4 is 28.6 Å². The van der Waals surface area contributed by atoms with Crippen LogP contribution in [0.25, 0.3) is 16.7 Å². The smallest absolute Gasteiger partial charge is 0.343 e. The summed E-state index contributed by atoms with van der Waals surface area (Å²) < 4.78 is 20.1. The van der Waals surface area contributed by atoms with Crippen LogP contribution in [0.15, 0.2) is 54.7 Å². The lowest BCUT2D eigenvalue weighted by atomic mass is 10.1. The molecule has 2 heterocycles. The number of aromatic nitrogens is 3. The summed E-state index contributed by atoms with van der Waals surface area (Å²) in [6.45, 7) is 5.75. The predicted octanol–water partition coefficient (Wildman–Crippen LogP) is 4.61. The van der Waals surface area contributed by atoms with Gasteiger partial charge in [-0.15, -0.1) is 0 Å². The quantitative estimate of drug-likeness (QED) is 0.466. The van der Waals surface area contributed by atoms with Crippen LogP contribution in [-0.4, -0.2) is 33.2 Å². The van der Waals surface area contributed by atoms with Gasteiger partial charge in [0.15, 0.2) is 11.6 Å². The summed E-state index contributed by atoms with van der Waals surface area (Å²) in [5, 5.41) is 7.97. The Morgan fingerprint density at radius 2 is 1.88 bits per heavy atom. The number of anilines is 1. The van der Waals surface area contributed by atoms with Gasteiger partial charge in [-0.2, -0.15) is 9.78 Å². The Labute approximate surface area is 183 Å². The van der Waals surface area contributed by atoms with Gasteiger partial charge in [-0.25, -0.2) is 14.2 Å². The summed E-state index contributed by atoms with van der Waals surface area (Å²) in [6, 6.07) is 13.0. The van der Waals surface area contributed by atoms with Crippen molar-refractivity contribution in [3.63, 3.8) is 0 Å². The maximum Gasteiger partial charge on any atom is 0.343 e. The minimum atomic E-state index is -0.637. The number of pyridine rings is 1. The van der Waals surface area contributed by atoms with Crippen LogP contribution < -0.4 is 5.32 Å². The van der Waals surface area contributed by atoms with Gasteiger partial charge in [-0.3, -0.25) is 4.79 Å². The lowest BCUT2D eigenvalue weighted by Crippen LogP contribution is -2.18. The fourth-order valence-corrected chi connectivity index (χ4v) is 3.46. The van der Waals surface area contributed by atoms with Gasteiger partial charge in [0.05, 0.1) is 18.3 Å². The monoisotopic (exact) mass is 432 g/mol. The number of fused-ring (bicyclic) bond motifs is 1. The van der Waals surface area contributed by atoms with Gasteiger partial charge in [-0.05, 0) is 56.2 Å². The van der Waals surface area contributed by atoms with E-state index < -0.39 is 17.7 Å². The molecule has 0 radical (unpaired) electrons. The largest absolute Gasteiger partial charge is 0.462 e. The summed E-state index contributed by atoms with van der Waals surface area (Å²) in [6.07, 6.45) is 1.32. The third kappa shape index (κ3) is 3.94. The van der Waals surface area contributed by atoms with E-state index in [2.05, 4.69) is 10.4 Å². The number of amides is 1. The number of halogens is 1. The Morgan fingerprint density at radius 1 is 1.09 bits per heavy atom. The van der Waals surface area contributed by atoms with E-state index in [0.29, 0.717) is 5.82 Å². The number of carbonyl (C=O) groups is 2. The highest BCUT2D eigenvalue weighted by molar-refractivity contribution is 6.07. The van der Waals surface area contributed by atoms with E-state index in [1.54, 1.807) is 6.92 Å². The number of ether oxygens (including phenoxy) is 1. The molecule has 162 valence electrons. The highest BCUT2D eigenvalue weighted by atomic mass is 19.1. The Balaban J connectivity index is 1.84. The molecule has 4 rings (SSSR count). The number of benzene rings is 2. The van der Waals surface area contributed by atoms with E-state index in [1.807, 2.05) is 38.1 Å². The van der Waals surface area contributed by atoms with Crippen LogP contribution in [0.2, 0.25) is 0 Å². The first-order chi connectivity index (χ1) is 15.4. The average molecular weight is 432 g/mol. The molecule has 7 nitrogen and oxygen atoms in total. The summed E-state index contributed by atoms with van der Waals surface area (Å²) in [5.74, 6) is -1.25. The van der Waals surface area contributed by atoms with Crippen LogP contribution in [0.5, 0.6) is 0 Å². The number of nitrogens with one attached hydrogen (secondary N) is 1. The average Bonchev–Trinajstić information content (AvgIpc) is 3.18. The van der Waals surface area contributed by atoms with Crippen LogP contribution in [-0.2, 0) is 4.74 Å². The van der Waals surface area contributed by atoms with E-state index in [4.69, 9.17) is 9.72 Å². The second-order valence-electron chi connectivity index (χ2n) is 7.27. The number of rotatable bonds is 5. The van der Waals surface area contributed by atoms with Crippen molar-refractivity contribution in [3.8, 4) is 5.82 Å². The Kier molecular flexibility index (Phi) is 5.68. The minimum Gasteiger partial charge on any atom is -0.462 e. The molecule has 0 aliphatic heterocycles. The maximum atomic E-state index is 13.6. The molecule has 1 N–H and O–H groups in total. The van der Waals surface area contributed by atoms with Gasteiger partial charge in [0.25, 0.3) is 5.91 Å². The SMILES string of the molecule is CCOC(=O)c1cnn(-c2cc(C)c3cccc(C)c3n2)c1NC(=O)c1cccc(F)c1. The highest BCUT2D eigenvalue weighted by Crippen LogP contribution is 2.26. The minimum absolute atomic E-state index is 0.0703. The molecule has 0 saturated carbocycles. The van der Waals surface area contributed by atoms with Crippen molar-refractivity contribution in [1.82, 2.24) is 14.8 Å². The number of esters is 1. The fraction of sp³-hybridized carbons (Fsp3) is 0.167. The lowest BCUT2D eigenvalue weighted by Gasteiger charge is -2.13.